The van der Waals surface area contributed by atoms with Crippen molar-refractivity contribution in [3.63, 3.8) is 0 Å². The Morgan fingerprint density at radius 2 is 2.15 bits per heavy atom. The number of ether oxygens (including phenoxy) is 1. The maximum absolute atomic E-state index is 12.5. The number of alkyl halides is 3. The van der Waals surface area contributed by atoms with Crippen molar-refractivity contribution in [2.75, 3.05) is 6.61 Å². The molecular formula is C12H9BrF3NO2S. The normalized spacial score (nSPS) is 11.0. The molecule has 0 aliphatic heterocycles. The van der Waals surface area contributed by atoms with E-state index in [1.54, 1.807) is 13.0 Å². The molecular weight excluding hydrogens is 359 g/mol. The van der Waals surface area contributed by atoms with E-state index < -0.39 is 11.5 Å². The summed E-state index contributed by atoms with van der Waals surface area (Å²) in [5.74, 6) is -0.617. The third kappa shape index (κ3) is 5.06. The first-order chi connectivity index (χ1) is 9.26. The summed E-state index contributed by atoms with van der Waals surface area (Å²) in [6, 6.07) is 4.23. The highest BCUT2D eigenvalue weighted by atomic mass is 79.9. The molecule has 1 rings (SSSR count). The molecule has 0 fully saturated rings. The van der Waals surface area contributed by atoms with Crippen molar-refractivity contribution >= 4 is 33.7 Å². The number of carbonyl (C=O) groups excluding carboxylic acids is 1. The average molecular weight is 368 g/mol. The van der Waals surface area contributed by atoms with Crippen LogP contribution in [0.1, 0.15) is 18.1 Å². The van der Waals surface area contributed by atoms with Gasteiger partial charge in [0.05, 0.1) is 18.6 Å². The zero-order valence-electron chi connectivity index (χ0n) is 10.3. The molecule has 0 bridgehead atoms. The fourth-order valence-corrected chi connectivity index (χ4v) is 2.57. The Bertz CT molecular complexity index is 555. The number of halogens is 4. The molecule has 0 heterocycles. The van der Waals surface area contributed by atoms with Crippen LogP contribution in [-0.4, -0.2) is 18.1 Å². The van der Waals surface area contributed by atoms with Gasteiger partial charge >= 0.3 is 11.5 Å². The molecule has 1 aromatic carbocycles. The zero-order valence-corrected chi connectivity index (χ0v) is 12.7. The second-order valence-corrected chi connectivity index (χ2v) is 5.54. The molecule has 0 N–H and O–H groups in total. The van der Waals surface area contributed by atoms with Crippen molar-refractivity contribution in [3.8, 4) is 6.07 Å². The van der Waals surface area contributed by atoms with Crippen LogP contribution >= 0.6 is 27.7 Å². The first-order valence-electron chi connectivity index (χ1n) is 5.40. The molecule has 0 atom stereocenters. The highest BCUT2D eigenvalue weighted by Crippen LogP contribution is 2.40. The van der Waals surface area contributed by atoms with Gasteiger partial charge in [0.2, 0.25) is 0 Å². The van der Waals surface area contributed by atoms with E-state index in [1.165, 1.54) is 6.07 Å². The number of hydrogen-bond donors (Lipinski definition) is 0. The largest absolute Gasteiger partial charge is 0.466 e. The van der Waals surface area contributed by atoms with Crippen LogP contribution in [0.3, 0.4) is 0 Å². The van der Waals surface area contributed by atoms with Gasteiger partial charge in [0, 0.05) is 9.37 Å². The van der Waals surface area contributed by atoms with E-state index in [-0.39, 0.29) is 40.8 Å². The molecule has 0 spiro atoms. The van der Waals surface area contributed by atoms with Crippen molar-refractivity contribution in [1.29, 1.82) is 5.26 Å². The molecule has 8 heteroatoms. The Hall–Kier alpha value is -1.20. The van der Waals surface area contributed by atoms with Crippen molar-refractivity contribution in [2.24, 2.45) is 0 Å². The quantitative estimate of drug-likeness (QED) is 0.595. The van der Waals surface area contributed by atoms with Gasteiger partial charge in [0.1, 0.15) is 6.07 Å². The average Bonchev–Trinajstić information content (AvgIpc) is 2.31. The van der Waals surface area contributed by atoms with Gasteiger partial charge < -0.3 is 4.74 Å². The molecule has 0 aromatic heterocycles. The SMILES string of the molecule is CCOC(=O)Cc1cc(Br)c(C#N)cc1SC(F)(F)F. The molecule has 0 radical (unpaired) electrons. The van der Waals surface area contributed by atoms with Gasteiger partial charge in [-0.25, -0.2) is 0 Å². The van der Waals surface area contributed by atoms with Crippen molar-refractivity contribution < 1.29 is 22.7 Å². The molecule has 0 amide bonds. The van der Waals surface area contributed by atoms with Crippen LogP contribution < -0.4 is 0 Å². The summed E-state index contributed by atoms with van der Waals surface area (Å²) < 4.78 is 42.5. The number of thioether (sulfide) groups is 1. The van der Waals surface area contributed by atoms with Crippen LogP contribution in [0.15, 0.2) is 21.5 Å². The second-order valence-electron chi connectivity index (χ2n) is 3.58. The van der Waals surface area contributed by atoms with Crippen LogP contribution in [0.5, 0.6) is 0 Å². The van der Waals surface area contributed by atoms with Crippen molar-refractivity contribution in [2.45, 2.75) is 23.7 Å². The zero-order chi connectivity index (χ0) is 15.3. The van der Waals surface area contributed by atoms with Gasteiger partial charge in [0.25, 0.3) is 0 Å². The summed E-state index contributed by atoms with van der Waals surface area (Å²) in [6.07, 6.45) is -0.281. The van der Waals surface area contributed by atoms with Crippen LogP contribution in [-0.2, 0) is 16.0 Å². The second kappa shape index (κ2) is 6.99. The van der Waals surface area contributed by atoms with Crippen LogP contribution in [0.4, 0.5) is 13.2 Å². The summed E-state index contributed by atoms with van der Waals surface area (Å²) in [6.45, 7) is 1.76. The Morgan fingerprint density at radius 3 is 2.65 bits per heavy atom. The molecule has 0 saturated carbocycles. The van der Waals surface area contributed by atoms with Gasteiger partial charge in [0.15, 0.2) is 0 Å². The van der Waals surface area contributed by atoms with Gasteiger partial charge in [-0.05, 0) is 52.3 Å². The fourth-order valence-electron chi connectivity index (χ4n) is 1.41. The monoisotopic (exact) mass is 367 g/mol. The van der Waals surface area contributed by atoms with E-state index in [4.69, 9.17) is 10.00 Å². The first kappa shape index (κ1) is 16.9. The first-order valence-corrected chi connectivity index (χ1v) is 7.01. The lowest BCUT2D eigenvalue weighted by atomic mass is 10.1. The topological polar surface area (TPSA) is 50.1 Å². The Morgan fingerprint density at radius 1 is 1.50 bits per heavy atom. The van der Waals surface area contributed by atoms with Gasteiger partial charge in [-0.15, -0.1) is 0 Å². The van der Waals surface area contributed by atoms with E-state index in [1.807, 2.05) is 0 Å². The molecule has 0 aliphatic rings. The summed E-state index contributed by atoms with van der Waals surface area (Å²) >= 11 is 2.73. The van der Waals surface area contributed by atoms with E-state index in [2.05, 4.69) is 15.9 Å². The lowest BCUT2D eigenvalue weighted by Gasteiger charge is -2.12. The van der Waals surface area contributed by atoms with Gasteiger partial charge in [-0.3, -0.25) is 4.79 Å². The van der Waals surface area contributed by atoms with Gasteiger partial charge in [-0.1, -0.05) is 0 Å². The Kier molecular flexibility index (Phi) is 5.89. The summed E-state index contributed by atoms with van der Waals surface area (Å²) in [4.78, 5) is 11.2. The van der Waals surface area contributed by atoms with E-state index in [0.717, 1.165) is 6.07 Å². The number of rotatable bonds is 4. The third-order valence-electron chi connectivity index (χ3n) is 2.14. The molecule has 0 saturated heterocycles. The maximum Gasteiger partial charge on any atom is 0.446 e. The Labute approximate surface area is 126 Å². The third-order valence-corrected chi connectivity index (χ3v) is 3.62. The molecule has 0 aliphatic carbocycles. The van der Waals surface area contributed by atoms with Crippen LogP contribution in [0, 0.1) is 11.3 Å². The van der Waals surface area contributed by atoms with E-state index in [9.17, 15) is 18.0 Å². The van der Waals surface area contributed by atoms with E-state index >= 15 is 0 Å². The van der Waals surface area contributed by atoms with Crippen LogP contribution in [0.2, 0.25) is 0 Å². The number of carbonyl (C=O) groups is 1. The van der Waals surface area contributed by atoms with Crippen molar-refractivity contribution in [1.82, 2.24) is 0 Å². The molecule has 108 valence electrons. The highest BCUT2D eigenvalue weighted by molar-refractivity contribution is 9.10. The predicted molar refractivity (Wildman–Crippen MR) is 71.1 cm³/mol. The molecule has 1 aromatic rings. The van der Waals surface area contributed by atoms with Crippen molar-refractivity contribution in [3.05, 3.63) is 27.7 Å². The predicted octanol–water partition coefficient (Wildman–Crippen LogP) is 4.04. The number of benzene rings is 1. The minimum atomic E-state index is -4.50. The summed E-state index contributed by atoms with van der Waals surface area (Å²) in [5, 5.41) is 8.84. The minimum absolute atomic E-state index is 0.0735. The molecule has 0 unspecified atom stereocenters. The Balaban J connectivity index is 3.16. The minimum Gasteiger partial charge on any atom is -0.466 e. The number of hydrogen-bond acceptors (Lipinski definition) is 4. The highest BCUT2D eigenvalue weighted by Gasteiger charge is 2.31. The number of nitriles is 1. The number of nitrogens with zero attached hydrogens (tertiary/aromatic N) is 1. The molecule has 3 nitrogen and oxygen atoms in total. The summed E-state index contributed by atoms with van der Waals surface area (Å²) in [7, 11) is 0. The fraction of sp³-hybridized carbons (Fsp3) is 0.333. The number of esters is 1. The lowest BCUT2D eigenvalue weighted by Crippen LogP contribution is -2.10. The van der Waals surface area contributed by atoms with Gasteiger partial charge in [-0.2, -0.15) is 18.4 Å². The molecule has 20 heavy (non-hydrogen) atoms. The lowest BCUT2D eigenvalue weighted by molar-refractivity contribution is -0.142. The smallest absolute Gasteiger partial charge is 0.446 e. The summed E-state index contributed by atoms with van der Waals surface area (Å²) in [5.41, 5.74) is -4.26. The van der Waals surface area contributed by atoms with Crippen LogP contribution in [0.25, 0.3) is 0 Å². The van der Waals surface area contributed by atoms with E-state index in [0.29, 0.717) is 4.47 Å². The standard InChI is InChI=1S/C12H9BrF3NO2S/c1-2-19-11(18)5-7-3-9(13)8(6-17)4-10(7)20-12(14,15)16/h3-4H,2,5H2,1H3. The maximum atomic E-state index is 12.5.